The lowest BCUT2D eigenvalue weighted by molar-refractivity contribution is -0.128. The number of amides is 1. The van der Waals surface area contributed by atoms with Gasteiger partial charge in [0, 0.05) is 43.2 Å². The van der Waals surface area contributed by atoms with Crippen molar-refractivity contribution in [2.45, 2.75) is 265 Å². The lowest BCUT2D eigenvalue weighted by Gasteiger charge is -2.25. The fraction of sp³-hybridized carbons (Fsp3) is 0.944. The van der Waals surface area contributed by atoms with Crippen LogP contribution in [0.15, 0.2) is 0 Å². The lowest BCUT2D eigenvalue weighted by Crippen LogP contribution is -2.35. The summed E-state index contributed by atoms with van der Waals surface area (Å²) in [6.07, 6.45) is 15.0. The van der Waals surface area contributed by atoms with E-state index in [9.17, 15) is 19.5 Å². The van der Waals surface area contributed by atoms with Crippen molar-refractivity contribution in [2.24, 2.45) is 28.1 Å². The molecule has 0 heterocycles. The van der Waals surface area contributed by atoms with Crippen LogP contribution in [0.3, 0.4) is 0 Å². The van der Waals surface area contributed by atoms with E-state index in [4.69, 9.17) is 14.2 Å². The van der Waals surface area contributed by atoms with E-state index in [1.165, 1.54) is 37.2 Å². The van der Waals surface area contributed by atoms with Gasteiger partial charge in [-0.3, -0.25) is 14.4 Å². The van der Waals surface area contributed by atoms with Crippen LogP contribution in [0.25, 0.3) is 0 Å². The largest absolute Gasteiger partial charge is 0.388 e. The molecule has 0 unspecified atom stereocenters. The minimum atomic E-state index is -0.548. The first-order valence-corrected chi connectivity index (χ1v) is 26.1. The fourth-order valence-corrected chi connectivity index (χ4v) is 6.11. The maximum absolute atomic E-state index is 11.5. The molecule has 0 aliphatic rings. The smallest absolute Gasteiger partial charge is 0.225 e. The summed E-state index contributed by atoms with van der Waals surface area (Å²) >= 11 is 2.13. The Balaban J connectivity index is -0.000000370. The highest BCUT2D eigenvalue weighted by Crippen LogP contribution is 2.24. The molecule has 1 amide bonds. The number of rotatable bonds is 26. The zero-order chi connectivity index (χ0) is 50.1. The molecule has 0 aliphatic heterocycles. The van der Waals surface area contributed by atoms with Gasteiger partial charge in [-0.25, -0.2) is 0 Å². The summed E-state index contributed by atoms with van der Waals surface area (Å²) in [6.45, 7) is 47.8. The van der Waals surface area contributed by atoms with Crippen LogP contribution in [-0.2, 0) is 28.6 Å². The zero-order valence-corrected chi connectivity index (χ0v) is 47.0. The van der Waals surface area contributed by atoms with E-state index in [-0.39, 0.29) is 40.0 Å². The molecule has 0 bridgehead atoms. The monoisotopic (exact) mass is 918 g/mol. The maximum atomic E-state index is 11.5. The number of hydrogen-bond acceptors (Lipinski definition) is 8. The number of nitrogens with one attached hydrogen (secondary N) is 1. The molecular formula is C54H111NO7S. The average Bonchev–Trinajstić information content (AvgIpc) is 3.10. The van der Waals surface area contributed by atoms with Gasteiger partial charge in [-0.1, -0.05) is 109 Å². The Bertz CT molecular complexity index is 1050. The first kappa shape index (κ1) is 68.6. The van der Waals surface area contributed by atoms with Gasteiger partial charge in [0.2, 0.25) is 5.91 Å². The molecule has 0 saturated heterocycles. The predicted octanol–water partition coefficient (Wildman–Crippen LogP) is 14.7. The topological polar surface area (TPSA) is 111 Å². The Labute approximate surface area is 397 Å². The summed E-state index contributed by atoms with van der Waals surface area (Å²) in [7, 11) is 0. The molecule has 0 radical (unpaired) electrons. The fourth-order valence-electron chi connectivity index (χ4n) is 5.21. The van der Waals surface area contributed by atoms with Crippen LogP contribution in [0.2, 0.25) is 0 Å². The molecule has 0 spiro atoms. The van der Waals surface area contributed by atoms with Crippen molar-refractivity contribution in [3.05, 3.63) is 0 Å². The van der Waals surface area contributed by atoms with E-state index < -0.39 is 6.10 Å². The first-order chi connectivity index (χ1) is 28.4. The Morgan fingerprint density at radius 2 is 0.841 bits per heavy atom. The van der Waals surface area contributed by atoms with Gasteiger partial charge in [-0.15, -0.1) is 0 Å². The van der Waals surface area contributed by atoms with Crippen LogP contribution in [-0.4, -0.2) is 83.4 Å². The summed E-state index contributed by atoms with van der Waals surface area (Å²) in [4.78, 5) is 34.3. The van der Waals surface area contributed by atoms with E-state index >= 15 is 0 Å². The molecule has 8 nitrogen and oxygen atoms in total. The van der Waals surface area contributed by atoms with Crippen molar-refractivity contribution >= 4 is 29.2 Å². The van der Waals surface area contributed by atoms with Crippen molar-refractivity contribution in [2.75, 3.05) is 37.9 Å². The summed E-state index contributed by atoms with van der Waals surface area (Å²) in [5.41, 5.74) is 0.305. The van der Waals surface area contributed by atoms with Gasteiger partial charge in [-0.05, 0) is 142 Å². The SMILES string of the molecule is CC(C)(C)CCCSCCCC(C)(C)C.CC(C)(C)OCC(O)COC(C)(C)C.CC(C)(C)OCCCCCNC(=O)C(C)(C)C.CC(C)C(=O)CCCCCCCC(=O)C(C)C. The number of ketones is 2. The number of carbonyl (C=O) groups is 3. The number of Topliss-reactive ketones (excluding diaryl/α,β-unsaturated/α-hetero) is 2. The van der Waals surface area contributed by atoms with E-state index in [0.29, 0.717) is 35.6 Å². The number of ether oxygens (including phenoxy) is 3. The van der Waals surface area contributed by atoms with Crippen LogP contribution in [0.1, 0.15) is 242 Å². The van der Waals surface area contributed by atoms with Gasteiger partial charge in [0.05, 0.1) is 30.0 Å². The number of unbranched alkanes of at least 4 members (excludes halogenated alkanes) is 6. The molecule has 9 heteroatoms. The minimum Gasteiger partial charge on any atom is -0.388 e. The van der Waals surface area contributed by atoms with Crippen LogP contribution in [0.5, 0.6) is 0 Å². The number of hydrogen-bond donors (Lipinski definition) is 2. The quantitative estimate of drug-likeness (QED) is 0.0826. The van der Waals surface area contributed by atoms with Crippen LogP contribution < -0.4 is 5.32 Å². The van der Waals surface area contributed by atoms with Gasteiger partial charge in [-0.2, -0.15) is 11.8 Å². The van der Waals surface area contributed by atoms with Gasteiger partial charge in [0.15, 0.2) is 0 Å². The molecule has 0 aromatic rings. The lowest BCUT2D eigenvalue weighted by atomic mass is 9.91. The summed E-state index contributed by atoms with van der Waals surface area (Å²) in [6, 6.07) is 0. The molecule has 0 fully saturated rings. The van der Waals surface area contributed by atoms with Crippen molar-refractivity contribution in [1.29, 1.82) is 0 Å². The van der Waals surface area contributed by atoms with E-state index in [2.05, 4.69) is 79.4 Å². The Kier molecular flexibility index (Phi) is 39.3. The standard InChI is InChI=1S/C15H28O2.C14H29NO2.C14H30S.C11H24O3/c1-12(2)14(16)10-8-6-5-7-9-11-15(17)13(3)4;1-13(2,3)12(16)15-10-8-7-9-11-17-14(4,5)6;1-13(2,3)9-7-11-15-12-8-10-14(4,5)6;1-10(2,3)13-7-9(12)8-14-11(4,5)6/h12-13H,5-11H2,1-4H3;7-11H2,1-6H3,(H,15,16);7-12H2,1-6H3;9,12H,7-8H2,1-6H3. The van der Waals surface area contributed by atoms with Crippen molar-refractivity contribution in [1.82, 2.24) is 5.32 Å². The summed E-state index contributed by atoms with van der Waals surface area (Å²) in [5.74, 6) is 3.93. The molecule has 0 atom stereocenters. The average molecular weight is 919 g/mol. The van der Waals surface area contributed by atoms with Crippen LogP contribution >= 0.6 is 11.8 Å². The highest BCUT2D eigenvalue weighted by molar-refractivity contribution is 7.99. The van der Waals surface area contributed by atoms with Crippen LogP contribution in [0.4, 0.5) is 0 Å². The summed E-state index contributed by atoms with van der Waals surface area (Å²) in [5, 5.41) is 12.5. The van der Waals surface area contributed by atoms with Gasteiger partial charge in [0.1, 0.15) is 17.7 Å². The highest BCUT2D eigenvalue weighted by atomic mass is 32.2. The molecule has 380 valence electrons. The first-order valence-electron chi connectivity index (χ1n) is 24.9. The minimum absolute atomic E-state index is 0.0412. The van der Waals surface area contributed by atoms with Gasteiger partial charge >= 0.3 is 0 Å². The number of thioether (sulfide) groups is 1. The van der Waals surface area contributed by atoms with E-state index in [0.717, 1.165) is 77.4 Å². The van der Waals surface area contributed by atoms with Crippen molar-refractivity contribution < 1.29 is 33.7 Å². The Morgan fingerprint density at radius 1 is 0.492 bits per heavy atom. The third-order valence-electron chi connectivity index (χ3n) is 9.31. The summed E-state index contributed by atoms with van der Waals surface area (Å²) < 4.78 is 16.5. The molecule has 0 rings (SSSR count). The normalized spacial score (nSPS) is 12.6. The van der Waals surface area contributed by atoms with Gasteiger partial charge in [0.25, 0.3) is 0 Å². The van der Waals surface area contributed by atoms with Crippen molar-refractivity contribution in [3.8, 4) is 0 Å². The third-order valence-corrected chi connectivity index (χ3v) is 10.5. The second-order valence-electron chi connectivity index (χ2n) is 24.5. The van der Waals surface area contributed by atoms with Crippen LogP contribution in [0, 0.1) is 28.1 Å². The highest BCUT2D eigenvalue weighted by Gasteiger charge is 2.20. The third kappa shape index (κ3) is 63.1. The number of aliphatic hydroxyl groups is 1. The zero-order valence-electron chi connectivity index (χ0n) is 46.2. The Hall–Kier alpha value is -1.00. The number of carbonyl (C=O) groups excluding carboxylic acids is 3. The molecule has 63 heavy (non-hydrogen) atoms. The molecule has 2 N–H and O–H groups in total. The molecule has 0 aromatic carbocycles. The molecule has 0 saturated carbocycles. The van der Waals surface area contributed by atoms with Gasteiger partial charge < -0.3 is 24.6 Å². The van der Waals surface area contributed by atoms with Crippen molar-refractivity contribution in [3.63, 3.8) is 0 Å². The second-order valence-corrected chi connectivity index (χ2v) is 25.7. The molecular weight excluding hydrogens is 807 g/mol. The van der Waals surface area contributed by atoms with E-state index in [1.807, 2.05) is 90.0 Å². The predicted molar refractivity (Wildman–Crippen MR) is 276 cm³/mol. The van der Waals surface area contributed by atoms with E-state index in [1.54, 1.807) is 0 Å². The molecule has 0 aromatic heterocycles. The Morgan fingerprint density at radius 3 is 1.16 bits per heavy atom. The molecule has 0 aliphatic carbocycles. The second kappa shape index (κ2) is 36.1. The number of aliphatic hydroxyl groups excluding tert-OH is 1. The maximum Gasteiger partial charge on any atom is 0.225 e.